The molecular weight excluding hydrogens is 320 g/mol. The predicted molar refractivity (Wildman–Crippen MR) is 77.7 cm³/mol. The number of esters is 2. The largest absolute Gasteiger partial charge is 0.463 e. The molecule has 0 aromatic rings. The lowest BCUT2D eigenvalue weighted by atomic mass is 9.89. The fourth-order valence-electron chi connectivity index (χ4n) is 3.18. The molecule has 1 saturated carbocycles. The minimum atomic E-state index is -0.923. The Balaban J connectivity index is 1.66. The maximum atomic E-state index is 11.7. The standard InChI is InChI=1S/C16H20O8/c1-9-11(13(17)19-3)23-15(21-9)5-7-16(8-6-15)22-10(2)12(24-16)14(18)20-4/h5-8H2,1-4H3. The monoisotopic (exact) mass is 340 g/mol. The van der Waals surface area contributed by atoms with Crippen molar-refractivity contribution in [1.82, 2.24) is 0 Å². The van der Waals surface area contributed by atoms with Crippen molar-refractivity contribution in [3.05, 3.63) is 23.0 Å². The zero-order chi connectivity index (χ0) is 17.5. The first-order valence-electron chi connectivity index (χ1n) is 7.68. The molecule has 0 unspecified atom stereocenters. The van der Waals surface area contributed by atoms with Gasteiger partial charge in [-0.25, -0.2) is 9.59 Å². The zero-order valence-corrected chi connectivity index (χ0v) is 14.1. The summed E-state index contributed by atoms with van der Waals surface area (Å²) >= 11 is 0. The Morgan fingerprint density at radius 2 is 1.08 bits per heavy atom. The Morgan fingerprint density at radius 3 is 1.38 bits per heavy atom. The molecule has 0 radical (unpaired) electrons. The summed E-state index contributed by atoms with van der Waals surface area (Å²) in [5.41, 5.74) is 0. The van der Waals surface area contributed by atoms with E-state index in [9.17, 15) is 9.59 Å². The van der Waals surface area contributed by atoms with Gasteiger partial charge in [0.1, 0.15) is 11.5 Å². The summed E-state index contributed by atoms with van der Waals surface area (Å²) in [6, 6.07) is 0. The van der Waals surface area contributed by atoms with Crippen LogP contribution in [0.4, 0.5) is 0 Å². The summed E-state index contributed by atoms with van der Waals surface area (Å²) in [7, 11) is 2.58. The molecule has 0 amide bonds. The van der Waals surface area contributed by atoms with Crippen LogP contribution in [0.3, 0.4) is 0 Å². The molecule has 2 heterocycles. The number of rotatable bonds is 2. The third-order valence-corrected chi connectivity index (χ3v) is 4.41. The molecule has 0 N–H and O–H groups in total. The average molecular weight is 340 g/mol. The van der Waals surface area contributed by atoms with E-state index in [1.165, 1.54) is 14.2 Å². The van der Waals surface area contributed by atoms with E-state index in [1.54, 1.807) is 13.8 Å². The second-order valence-electron chi connectivity index (χ2n) is 5.98. The minimum Gasteiger partial charge on any atom is -0.463 e. The van der Waals surface area contributed by atoms with E-state index in [-0.39, 0.29) is 11.5 Å². The molecule has 0 aromatic heterocycles. The number of hydrogen-bond donors (Lipinski definition) is 0. The van der Waals surface area contributed by atoms with Crippen LogP contribution in [0.25, 0.3) is 0 Å². The molecule has 0 aromatic carbocycles. The molecule has 3 rings (SSSR count). The van der Waals surface area contributed by atoms with Gasteiger partial charge in [0.05, 0.1) is 14.2 Å². The molecule has 8 nitrogen and oxygen atoms in total. The SMILES string of the molecule is COC(=O)C1=C(C)OC2(CCC3(CC2)OC(C)=C(C(=O)OC)O3)O1. The van der Waals surface area contributed by atoms with Crippen molar-refractivity contribution in [2.45, 2.75) is 51.1 Å². The van der Waals surface area contributed by atoms with Crippen LogP contribution in [0.2, 0.25) is 0 Å². The Labute approximate surface area is 139 Å². The van der Waals surface area contributed by atoms with Crippen LogP contribution in [0, 0.1) is 0 Å². The second-order valence-corrected chi connectivity index (χ2v) is 5.98. The van der Waals surface area contributed by atoms with Crippen LogP contribution in [0.15, 0.2) is 23.0 Å². The Bertz CT molecular complexity index is 580. The fraction of sp³-hybridized carbons (Fsp3) is 0.625. The Kier molecular flexibility index (Phi) is 3.85. The molecule has 24 heavy (non-hydrogen) atoms. The van der Waals surface area contributed by atoms with Crippen molar-refractivity contribution in [3.8, 4) is 0 Å². The lowest BCUT2D eigenvalue weighted by molar-refractivity contribution is -0.248. The molecule has 2 spiro atoms. The quantitative estimate of drug-likeness (QED) is 0.704. The molecule has 2 aliphatic heterocycles. The van der Waals surface area contributed by atoms with E-state index < -0.39 is 23.5 Å². The number of ether oxygens (including phenoxy) is 6. The molecule has 8 heteroatoms. The highest BCUT2D eigenvalue weighted by molar-refractivity contribution is 5.87. The number of methoxy groups -OCH3 is 2. The average Bonchev–Trinajstić information content (AvgIpc) is 3.07. The number of carbonyl (C=O) groups excluding carboxylic acids is 2. The van der Waals surface area contributed by atoms with Gasteiger partial charge in [-0.15, -0.1) is 0 Å². The third-order valence-electron chi connectivity index (χ3n) is 4.41. The van der Waals surface area contributed by atoms with Crippen LogP contribution in [-0.4, -0.2) is 37.7 Å². The first-order valence-corrected chi connectivity index (χ1v) is 7.68. The number of allylic oxidation sites excluding steroid dienone is 2. The predicted octanol–water partition coefficient (Wildman–Crippen LogP) is 1.86. The lowest BCUT2D eigenvalue weighted by Gasteiger charge is -2.40. The van der Waals surface area contributed by atoms with Gasteiger partial charge in [0, 0.05) is 25.7 Å². The zero-order valence-electron chi connectivity index (χ0n) is 14.1. The summed E-state index contributed by atoms with van der Waals surface area (Å²) in [5.74, 6) is -2.00. The van der Waals surface area contributed by atoms with Gasteiger partial charge < -0.3 is 28.4 Å². The normalized spacial score (nSPS) is 31.5. The summed E-state index contributed by atoms with van der Waals surface area (Å²) in [4.78, 5) is 23.4. The van der Waals surface area contributed by atoms with Crippen LogP contribution in [0.1, 0.15) is 39.5 Å². The van der Waals surface area contributed by atoms with Gasteiger partial charge in [0.15, 0.2) is 0 Å². The van der Waals surface area contributed by atoms with E-state index in [2.05, 4.69) is 9.47 Å². The van der Waals surface area contributed by atoms with Crippen molar-refractivity contribution in [1.29, 1.82) is 0 Å². The van der Waals surface area contributed by atoms with Crippen LogP contribution in [0.5, 0.6) is 0 Å². The maximum Gasteiger partial charge on any atom is 0.377 e. The molecular formula is C16H20O8. The van der Waals surface area contributed by atoms with E-state index in [4.69, 9.17) is 18.9 Å². The molecule has 0 bridgehead atoms. The molecule has 1 fully saturated rings. The first kappa shape index (κ1) is 16.5. The smallest absolute Gasteiger partial charge is 0.377 e. The van der Waals surface area contributed by atoms with Crippen molar-refractivity contribution in [2.24, 2.45) is 0 Å². The van der Waals surface area contributed by atoms with Crippen LogP contribution in [-0.2, 0) is 38.0 Å². The van der Waals surface area contributed by atoms with Crippen molar-refractivity contribution in [3.63, 3.8) is 0 Å². The lowest BCUT2D eigenvalue weighted by Crippen LogP contribution is -2.45. The van der Waals surface area contributed by atoms with Crippen LogP contribution >= 0.6 is 0 Å². The maximum absolute atomic E-state index is 11.7. The first-order chi connectivity index (χ1) is 11.3. The Hall–Kier alpha value is -2.38. The summed E-state index contributed by atoms with van der Waals surface area (Å²) in [5, 5.41) is 0. The molecule has 0 atom stereocenters. The number of carbonyl (C=O) groups is 2. The topological polar surface area (TPSA) is 89.5 Å². The van der Waals surface area contributed by atoms with Crippen molar-refractivity contribution in [2.75, 3.05) is 14.2 Å². The highest BCUT2D eigenvalue weighted by Crippen LogP contribution is 2.49. The highest BCUT2D eigenvalue weighted by Gasteiger charge is 2.55. The van der Waals surface area contributed by atoms with Gasteiger partial charge in [0.2, 0.25) is 11.5 Å². The van der Waals surface area contributed by atoms with Crippen molar-refractivity contribution < 1.29 is 38.0 Å². The highest BCUT2D eigenvalue weighted by atomic mass is 16.8. The minimum absolute atomic E-state index is 0.0891. The van der Waals surface area contributed by atoms with Gasteiger partial charge in [-0.3, -0.25) is 0 Å². The van der Waals surface area contributed by atoms with E-state index in [0.717, 1.165) is 0 Å². The van der Waals surface area contributed by atoms with Gasteiger partial charge >= 0.3 is 11.9 Å². The van der Waals surface area contributed by atoms with Gasteiger partial charge in [-0.05, 0) is 13.8 Å². The third kappa shape index (κ3) is 2.55. The summed E-state index contributed by atoms with van der Waals surface area (Å²) in [6.45, 7) is 3.32. The fourth-order valence-corrected chi connectivity index (χ4v) is 3.18. The summed E-state index contributed by atoms with van der Waals surface area (Å²) < 4.78 is 32.5. The molecule has 0 saturated heterocycles. The van der Waals surface area contributed by atoms with E-state index in [0.29, 0.717) is 37.2 Å². The second kappa shape index (κ2) is 5.61. The van der Waals surface area contributed by atoms with E-state index in [1.807, 2.05) is 0 Å². The molecule has 1 aliphatic carbocycles. The van der Waals surface area contributed by atoms with Crippen LogP contribution < -0.4 is 0 Å². The molecule has 3 aliphatic rings. The molecule has 132 valence electrons. The Morgan fingerprint density at radius 1 is 0.750 bits per heavy atom. The van der Waals surface area contributed by atoms with Crippen molar-refractivity contribution >= 4 is 11.9 Å². The summed E-state index contributed by atoms with van der Waals surface area (Å²) in [6.07, 6.45) is 1.75. The van der Waals surface area contributed by atoms with E-state index >= 15 is 0 Å². The number of hydrogen-bond acceptors (Lipinski definition) is 8. The van der Waals surface area contributed by atoms with Gasteiger partial charge in [-0.1, -0.05) is 0 Å². The van der Waals surface area contributed by atoms with Gasteiger partial charge in [0.25, 0.3) is 11.6 Å². The van der Waals surface area contributed by atoms with Gasteiger partial charge in [-0.2, -0.15) is 0 Å².